The number of nitrogens with zero attached hydrogens (tertiary/aromatic N) is 2. The summed E-state index contributed by atoms with van der Waals surface area (Å²) in [6, 6.07) is 13.0. The highest BCUT2D eigenvalue weighted by atomic mass is 16.5. The Morgan fingerprint density at radius 1 is 1.15 bits per heavy atom. The van der Waals surface area contributed by atoms with Crippen molar-refractivity contribution in [1.82, 2.24) is 4.90 Å². The summed E-state index contributed by atoms with van der Waals surface area (Å²) in [5.74, 6) is -0.260. The zero-order valence-corrected chi connectivity index (χ0v) is 15.4. The maximum absolute atomic E-state index is 12.7. The normalized spacial score (nSPS) is 16.6. The summed E-state index contributed by atoms with van der Waals surface area (Å²) >= 11 is 0. The van der Waals surface area contributed by atoms with Gasteiger partial charge >= 0.3 is 6.03 Å². The number of methoxy groups -OCH3 is 1. The standard InChI is InChI=1S/C20H21N3O4/c1-13-7-9-16(10-8-13)23-14(2)19(25)22(20(23)26)12-18(24)21-15-5-4-6-17(11-15)27-3/h4-11,14H,12H2,1-3H3,(H,21,24)/t14-/m0/s1. The van der Waals surface area contributed by atoms with Crippen molar-refractivity contribution in [2.45, 2.75) is 19.9 Å². The van der Waals surface area contributed by atoms with Gasteiger partial charge in [-0.1, -0.05) is 23.8 Å². The lowest BCUT2D eigenvalue weighted by atomic mass is 10.2. The fourth-order valence-corrected chi connectivity index (χ4v) is 2.96. The second-order valence-electron chi connectivity index (χ2n) is 6.37. The smallest absolute Gasteiger partial charge is 0.332 e. The van der Waals surface area contributed by atoms with Gasteiger partial charge in [0.1, 0.15) is 18.3 Å². The second-order valence-corrected chi connectivity index (χ2v) is 6.37. The molecular formula is C20H21N3O4. The van der Waals surface area contributed by atoms with E-state index in [2.05, 4.69) is 5.32 Å². The summed E-state index contributed by atoms with van der Waals surface area (Å²) in [7, 11) is 1.53. The Morgan fingerprint density at radius 3 is 2.52 bits per heavy atom. The van der Waals surface area contributed by atoms with Crippen molar-refractivity contribution in [2.75, 3.05) is 23.9 Å². The van der Waals surface area contributed by atoms with Crippen LogP contribution < -0.4 is 15.0 Å². The number of carbonyl (C=O) groups is 3. The number of urea groups is 1. The van der Waals surface area contributed by atoms with Gasteiger partial charge in [0.05, 0.1) is 7.11 Å². The van der Waals surface area contributed by atoms with Gasteiger partial charge in [0.2, 0.25) is 5.91 Å². The summed E-state index contributed by atoms with van der Waals surface area (Å²) in [6.45, 7) is 3.25. The van der Waals surface area contributed by atoms with Crippen LogP contribution in [0.4, 0.5) is 16.2 Å². The van der Waals surface area contributed by atoms with Crippen molar-refractivity contribution in [3.63, 3.8) is 0 Å². The van der Waals surface area contributed by atoms with E-state index in [4.69, 9.17) is 4.74 Å². The van der Waals surface area contributed by atoms with Crippen LogP contribution in [-0.2, 0) is 9.59 Å². The highest BCUT2D eigenvalue weighted by molar-refractivity contribution is 6.16. The summed E-state index contributed by atoms with van der Waals surface area (Å²) in [6.07, 6.45) is 0. The van der Waals surface area contributed by atoms with Crippen LogP contribution in [0.2, 0.25) is 0 Å². The number of imide groups is 1. The molecule has 0 aliphatic carbocycles. The molecule has 1 atom stereocenters. The van der Waals surface area contributed by atoms with Gasteiger partial charge in [-0.05, 0) is 38.1 Å². The molecule has 140 valence electrons. The fourth-order valence-electron chi connectivity index (χ4n) is 2.96. The van der Waals surface area contributed by atoms with Crippen molar-refractivity contribution < 1.29 is 19.1 Å². The number of hydrogen-bond acceptors (Lipinski definition) is 4. The third-order valence-electron chi connectivity index (χ3n) is 4.42. The molecule has 0 aromatic heterocycles. The third-order valence-corrected chi connectivity index (χ3v) is 4.42. The van der Waals surface area contributed by atoms with Crippen LogP contribution in [0.3, 0.4) is 0 Å². The first-order valence-corrected chi connectivity index (χ1v) is 8.56. The third kappa shape index (κ3) is 3.76. The number of aryl methyl sites for hydroxylation is 1. The minimum Gasteiger partial charge on any atom is -0.497 e. The van der Waals surface area contributed by atoms with E-state index >= 15 is 0 Å². The van der Waals surface area contributed by atoms with Crippen LogP contribution in [-0.4, -0.2) is 42.4 Å². The largest absolute Gasteiger partial charge is 0.497 e. The zero-order chi connectivity index (χ0) is 19.6. The van der Waals surface area contributed by atoms with E-state index in [1.54, 1.807) is 43.3 Å². The first-order chi connectivity index (χ1) is 12.9. The molecule has 2 aromatic rings. The Balaban J connectivity index is 1.72. The molecule has 1 aliphatic heterocycles. The summed E-state index contributed by atoms with van der Waals surface area (Å²) < 4.78 is 5.11. The first-order valence-electron chi connectivity index (χ1n) is 8.56. The van der Waals surface area contributed by atoms with Crippen LogP contribution >= 0.6 is 0 Å². The summed E-state index contributed by atoms with van der Waals surface area (Å²) in [5, 5.41) is 2.68. The molecule has 2 aromatic carbocycles. The molecule has 1 aliphatic rings. The quantitative estimate of drug-likeness (QED) is 0.824. The molecule has 0 saturated carbocycles. The SMILES string of the molecule is COc1cccc(NC(=O)CN2C(=O)[C@H](C)N(c3ccc(C)cc3)C2=O)c1. The molecule has 1 saturated heterocycles. The van der Waals surface area contributed by atoms with Crippen LogP contribution in [0.5, 0.6) is 5.75 Å². The number of ether oxygens (including phenoxy) is 1. The van der Waals surface area contributed by atoms with E-state index in [0.717, 1.165) is 10.5 Å². The van der Waals surface area contributed by atoms with Crippen molar-refractivity contribution in [2.24, 2.45) is 0 Å². The Morgan fingerprint density at radius 2 is 1.85 bits per heavy atom. The first kappa shape index (κ1) is 18.4. The van der Waals surface area contributed by atoms with E-state index < -0.39 is 23.9 Å². The Labute approximate surface area is 157 Å². The molecule has 7 nitrogen and oxygen atoms in total. The molecule has 0 bridgehead atoms. The molecule has 1 heterocycles. The molecule has 3 rings (SSSR count). The highest BCUT2D eigenvalue weighted by Crippen LogP contribution is 2.26. The molecule has 0 unspecified atom stereocenters. The summed E-state index contributed by atoms with van der Waals surface area (Å²) in [4.78, 5) is 40.0. The van der Waals surface area contributed by atoms with Gasteiger partial charge in [-0.25, -0.2) is 4.79 Å². The van der Waals surface area contributed by atoms with Crippen molar-refractivity contribution in [3.8, 4) is 5.75 Å². The van der Waals surface area contributed by atoms with E-state index in [9.17, 15) is 14.4 Å². The average Bonchev–Trinajstić information content (AvgIpc) is 2.86. The predicted molar refractivity (Wildman–Crippen MR) is 102 cm³/mol. The number of amides is 4. The van der Waals surface area contributed by atoms with Gasteiger partial charge in [-0.15, -0.1) is 0 Å². The van der Waals surface area contributed by atoms with Crippen molar-refractivity contribution >= 4 is 29.2 Å². The van der Waals surface area contributed by atoms with Gasteiger partial charge in [-0.3, -0.25) is 19.4 Å². The Hall–Kier alpha value is -3.35. The van der Waals surface area contributed by atoms with Crippen LogP contribution in [0, 0.1) is 6.92 Å². The minimum absolute atomic E-state index is 0.346. The maximum atomic E-state index is 12.7. The second kappa shape index (κ2) is 7.49. The minimum atomic E-state index is -0.662. The highest BCUT2D eigenvalue weighted by Gasteiger charge is 2.44. The topological polar surface area (TPSA) is 79.0 Å². The van der Waals surface area contributed by atoms with Gasteiger partial charge in [0, 0.05) is 17.4 Å². The molecule has 27 heavy (non-hydrogen) atoms. The van der Waals surface area contributed by atoms with Gasteiger partial charge in [-0.2, -0.15) is 0 Å². The molecule has 4 amide bonds. The number of carbonyl (C=O) groups excluding carboxylic acids is 3. The Kier molecular flexibility index (Phi) is 5.12. The van der Waals surface area contributed by atoms with E-state index in [1.807, 2.05) is 19.1 Å². The van der Waals surface area contributed by atoms with Gasteiger partial charge in [0.25, 0.3) is 5.91 Å². The molecule has 0 spiro atoms. The monoisotopic (exact) mass is 367 g/mol. The van der Waals surface area contributed by atoms with E-state index in [1.165, 1.54) is 12.0 Å². The van der Waals surface area contributed by atoms with E-state index in [-0.39, 0.29) is 6.54 Å². The molecule has 1 fully saturated rings. The summed E-state index contributed by atoms with van der Waals surface area (Å²) in [5.41, 5.74) is 2.21. The van der Waals surface area contributed by atoms with Crippen LogP contribution in [0.25, 0.3) is 0 Å². The number of rotatable bonds is 5. The lowest BCUT2D eigenvalue weighted by Crippen LogP contribution is -2.39. The predicted octanol–water partition coefficient (Wildman–Crippen LogP) is 2.80. The van der Waals surface area contributed by atoms with Crippen molar-refractivity contribution in [3.05, 3.63) is 54.1 Å². The fraction of sp³-hybridized carbons (Fsp3) is 0.250. The lowest BCUT2D eigenvalue weighted by Gasteiger charge is -2.19. The molecule has 1 N–H and O–H groups in total. The molecule has 0 radical (unpaired) electrons. The van der Waals surface area contributed by atoms with Crippen LogP contribution in [0.1, 0.15) is 12.5 Å². The number of benzene rings is 2. The Bertz CT molecular complexity index is 879. The maximum Gasteiger partial charge on any atom is 0.332 e. The number of nitrogens with one attached hydrogen (secondary N) is 1. The number of hydrogen-bond donors (Lipinski definition) is 1. The lowest BCUT2D eigenvalue weighted by molar-refractivity contribution is -0.130. The van der Waals surface area contributed by atoms with Crippen molar-refractivity contribution in [1.29, 1.82) is 0 Å². The van der Waals surface area contributed by atoms with Crippen LogP contribution in [0.15, 0.2) is 48.5 Å². The number of anilines is 2. The zero-order valence-electron chi connectivity index (χ0n) is 15.4. The average molecular weight is 367 g/mol. The molecule has 7 heteroatoms. The van der Waals surface area contributed by atoms with E-state index in [0.29, 0.717) is 17.1 Å². The molecular weight excluding hydrogens is 346 g/mol. The van der Waals surface area contributed by atoms with Gasteiger partial charge in [0.15, 0.2) is 0 Å². The van der Waals surface area contributed by atoms with Gasteiger partial charge < -0.3 is 10.1 Å².